The smallest absolute Gasteiger partial charge is 0.250 e. The van der Waals surface area contributed by atoms with Crippen molar-refractivity contribution in [2.45, 2.75) is 30.2 Å². The minimum Gasteiger partial charge on any atom is -0.311 e. The molecule has 1 aromatic carbocycles. The number of para-hydroxylation sites is 1. The Labute approximate surface area is 134 Å². The predicted octanol–water partition coefficient (Wildman–Crippen LogP) is 0.957. The highest BCUT2D eigenvalue weighted by atomic mass is 32.2. The SMILES string of the molecule is C[C@H](C(=O)N1CCCc2ccccc21)S(=O)(=O)c1nncn1C. The van der Waals surface area contributed by atoms with Crippen LogP contribution in [0, 0.1) is 0 Å². The van der Waals surface area contributed by atoms with E-state index in [0.717, 1.165) is 24.1 Å². The summed E-state index contributed by atoms with van der Waals surface area (Å²) in [5.41, 5.74) is 1.86. The third-order valence-electron chi connectivity index (χ3n) is 4.11. The molecule has 0 saturated carbocycles. The quantitative estimate of drug-likeness (QED) is 0.834. The maximum atomic E-state index is 12.8. The van der Waals surface area contributed by atoms with Crippen molar-refractivity contribution in [3.05, 3.63) is 36.2 Å². The van der Waals surface area contributed by atoms with E-state index < -0.39 is 21.0 Å². The fraction of sp³-hybridized carbons (Fsp3) is 0.400. The average molecular weight is 334 g/mol. The molecular weight excluding hydrogens is 316 g/mol. The highest BCUT2D eigenvalue weighted by Crippen LogP contribution is 2.28. The Bertz CT molecular complexity index is 844. The van der Waals surface area contributed by atoms with E-state index in [2.05, 4.69) is 10.2 Å². The number of hydrogen-bond acceptors (Lipinski definition) is 5. The molecule has 0 aliphatic carbocycles. The van der Waals surface area contributed by atoms with Gasteiger partial charge < -0.3 is 9.47 Å². The van der Waals surface area contributed by atoms with E-state index in [1.54, 1.807) is 11.9 Å². The predicted molar refractivity (Wildman–Crippen MR) is 84.8 cm³/mol. The van der Waals surface area contributed by atoms with Crippen molar-refractivity contribution < 1.29 is 13.2 Å². The summed E-state index contributed by atoms with van der Waals surface area (Å²) in [4.78, 5) is 14.4. The van der Waals surface area contributed by atoms with Gasteiger partial charge in [0.1, 0.15) is 11.6 Å². The van der Waals surface area contributed by atoms with Crippen molar-refractivity contribution in [1.29, 1.82) is 0 Å². The van der Waals surface area contributed by atoms with Crippen LogP contribution in [0.2, 0.25) is 0 Å². The number of amides is 1. The summed E-state index contributed by atoms with van der Waals surface area (Å²) < 4.78 is 26.6. The van der Waals surface area contributed by atoms with Gasteiger partial charge in [-0.2, -0.15) is 0 Å². The first-order chi connectivity index (χ1) is 10.9. The number of nitrogens with zero attached hydrogens (tertiary/aromatic N) is 4. The van der Waals surface area contributed by atoms with Gasteiger partial charge in [-0.1, -0.05) is 18.2 Å². The second-order valence-corrected chi connectivity index (χ2v) is 7.80. The summed E-state index contributed by atoms with van der Waals surface area (Å²) in [6.07, 6.45) is 3.02. The molecule has 0 saturated heterocycles. The van der Waals surface area contributed by atoms with E-state index in [1.807, 2.05) is 24.3 Å². The fourth-order valence-electron chi connectivity index (χ4n) is 2.80. The first-order valence-corrected chi connectivity index (χ1v) is 8.94. The van der Waals surface area contributed by atoms with Gasteiger partial charge in [0.2, 0.25) is 20.9 Å². The van der Waals surface area contributed by atoms with Crippen LogP contribution < -0.4 is 4.90 Å². The van der Waals surface area contributed by atoms with Crippen LogP contribution in [0.3, 0.4) is 0 Å². The first kappa shape index (κ1) is 15.7. The summed E-state index contributed by atoms with van der Waals surface area (Å²) in [7, 11) is -2.34. The summed E-state index contributed by atoms with van der Waals surface area (Å²) in [6.45, 7) is 1.93. The number of aromatic nitrogens is 3. The van der Waals surface area contributed by atoms with Crippen LogP contribution in [0.4, 0.5) is 5.69 Å². The van der Waals surface area contributed by atoms with Crippen LogP contribution in [-0.4, -0.2) is 40.9 Å². The van der Waals surface area contributed by atoms with Crippen LogP contribution in [0.5, 0.6) is 0 Å². The lowest BCUT2D eigenvalue weighted by Gasteiger charge is -2.31. The molecule has 1 atom stereocenters. The zero-order chi connectivity index (χ0) is 16.6. The lowest BCUT2D eigenvalue weighted by atomic mass is 10.0. The number of carbonyl (C=O) groups excluding carboxylic acids is 1. The first-order valence-electron chi connectivity index (χ1n) is 7.40. The van der Waals surface area contributed by atoms with Crippen molar-refractivity contribution in [2.24, 2.45) is 7.05 Å². The average Bonchev–Trinajstić information content (AvgIpc) is 2.99. The van der Waals surface area contributed by atoms with E-state index in [0.29, 0.717) is 6.54 Å². The minimum atomic E-state index is -3.88. The Kier molecular flexibility index (Phi) is 3.93. The maximum absolute atomic E-state index is 12.8. The maximum Gasteiger partial charge on any atom is 0.250 e. The van der Waals surface area contributed by atoms with Crippen molar-refractivity contribution in [1.82, 2.24) is 14.8 Å². The van der Waals surface area contributed by atoms with Gasteiger partial charge in [-0.3, -0.25) is 4.79 Å². The molecule has 0 unspecified atom stereocenters. The molecule has 1 aliphatic rings. The van der Waals surface area contributed by atoms with Gasteiger partial charge in [0.25, 0.3) is 0 Å². The minimum absolute atomic E-state index is 0.191. The number of aryl methyl sites for hydroxylation is 2. The summed E-state index contributed by atoms with van der Waals surface area (Å²) in [6, 6.07) is 7.60. The Morgan fingerprint density at radius 1 is 1.30 bits per heavy atom. The van der Waals surface area contributed by atoms with Gasteiger partial charge in [0.05, 0.1) is 0 Å². The molecule has 23 heavy (non-hydrogen) atoms. The zero-order valence-electron chi connectivity index (χ0n) is 13.0. The van der Waals surface area contributed by atoms with Crippen LogP contribution in [0.25, 0.3) is 0 Å². The topological polar surface area (TPSA) is 85.2 Å². The van der Waals surface area contributed by atoms with Gasteiger partial charge >= 0.3 is 0 Å². The van der Waals surface area contributed by atoms with E-state index in [9.17, 15) is 13.2 Å². The van der Waals surface area contributed by atoms with Gasteiger partial charge in [0, 0.05) is 19.3 Å². The molecule has 3 rings (SSSR count). The van der Waals surface area contributed by atoms with Gasteiger partial charge in [-0.15, -0.1) is 10.2 Å². The van der Waals surface area contributed by atoms with Crippen molar-refractivity contribution in [3.63, 3.8) is 0 Å². The third-order valence-corrected chi connectivity index (χ3v) is 6.12. The molecule has 1 amide bonds. The number of benzene rings is 1. The fourth-order valence-corrected chi connectivity index (χ4v) is 4.12. The van der Waals surface area contributed by atoms with Gasteiger partial charge in [-0.05, 0) is 31.4 Å². The number of hydrogen-bond donors (Lipinski definition) is 0. The highest BCUT2D eigenvalue weighted by Gasteiger charge is 2.37. The second kappa shape index (κ2) is 5.77. The third kappa shape index (κ3) is 2.63. The molecule has 7 nitrogen and oxygen atoms in total. The number of anilines is 1. The summed E-state index contributed by atoms with van der Waals surface area (Å²) in [5, 5.41) is 5.82. The highest BCUT2D eigenvalue weighted by molar-refractivity contribution is 7.92. The molecule has 2 heterocycles. The van der Waals surface area contributed by atoms with E-state index in [-0.39, 0.29) is 5.16 Å². The number of rotatable bonds is 3. The standard InChI is InChI=1S/C15H18N4O3S/c1-11(23(21,22)15-17-16-10-18(15)2)14(20)19-9-5-7-12-6-3-4-8-13(12)19/h3-4,6,8,10-11H,5,7,9H2,1-2H3/t11-/m1/s1. The Morgan fingerprint density at radius 3 is 2.74 bits per heavy atom. The van der Waals surface area contributed by atoms with Crippen molar-refractivity contribution in [2.75, 3.05) is 11.4 Å². The van der Waals surface area contributed by atoms with Crippen LogP contribution >= 0.6 is 0 Å². The molecular formula is C15H18N4O3S. The molecule has 0 N–H and O–H groups in total. The van der Waals surface area contributed by atoms with Crippen LogP contribution in [-0.2, 0) is 28.1 Å². The lowest BCUT2D eigenvalue weighted by molar-refractivity contribution is -0.118. The Hall–Kier alpha value is -2.22. The molecule has 2 aromatic rings. The van der Waals surface area contributed by atoms with Crippen molar-refractivity contribution >= 4 is 21.4 Å². The normalized spacial score (nSPS) is 16.0. The molecule has 0 spiro atoms. The van der Waals surface area contributed by atoms with E-state index >= 15 is 0 Å². The number of fused-ring (bicyclic) bond motifs is 1. The van der Waals surface area contributed by atoms with Crippen LogP contribution in [0.15, 0.2) is 35.7 Å². The lowest BCUT2D eigenvalue weighted by Crippen LogP contribution is -2.44. The molecule has 122 valence electrons. The number of carbonyl (C=O) groups is 1. The summed E-state index contributed by atoms with van der Waals surface area (Å²) >= 11 is 0. The molecule has 0 bridgehead atoms. The van der Waals surface area contributed by atoms with E-state index in [4.69, 9.17) is 0 Å². The molecule has 0 radical (unpaired) electrons. The number of sulfone groups is 1. The summed E-state index contributed by atoms with van der Waals surface area (Å²) in [5.74, 6) is -0.430. The Morgan fingerprint density at radius 2 is 2.04 bits per heavy atom. The molecule has 1 aromatic heterocycles. The van der Waals surface area contributed by atoms with Gasteiger partial charge in [0.15, 0.2) is 0 Å². The van der Waals surface area contributed by atoms with E-state index in [1.165, 1.54) is 17.8 Å². The van der Waals surface area contributed by atoms with Crippen LogP contribution in [0.1, 0.15) is 18.9 Å². The molecule has 8 heteroatoms. The molecule has 0 fully saturated rings. The second-order valence-electron chi connectivity index (χ2n) is 5.63. The zero-order valence-corrected chi connectivity index (χ0v) is 13.8. The van der Waals surface area contributed by atoms with Crippen molar-refractivity contribution in [3.8, 4) is 0 Å². The monoisotopic (exact) mass is 334 g/mol. The van der Waals surface area contributed by atoms with Gasteiger partial charge in [-0.25, -0.2) is 8.42 Å². The largest absolute Gasteiger partial charge is 0.311 e. The Balaban J connectivity index is 1.94. The molecule has 1 aliphatic heterocycles.